The fourth-order valence-corrected chi connectivity index (χ4v) is 6.75. The zero-order valence-electron chi connectivity index (χ0n) is 20.7. The molecule has 1 aliphatic heterocycles. The number of hydrogen-bond donors (Lipinski definition) is 1. The van der Waals surface area contributed by atoms with Gasteiger partial charge in [0.2, 0.25) is 0 Å². The highest BCUT2D eigenvalue weighted by atomic mass is 35.5. The van der Waals surface area contributed by atoms with Gasteiger partial charge >= 0.3 is 0 Å². The standard InChI is InChI=1S/C27H39ClN4O2/c1-18-13-22(16-24(28)30-18)23(33)15-20-9-6-10-21(14-20)17-27(25(34)32(2)26(29)31-27)12-11-19-7-4-3-5-8-19/h13,16,19-21H,3-12,14-15,17H2,1-2H3,(H2,29,31)/t20-,21+,27-/m1/s1. The van der Waals surface area contributed by atoms with E-state index in [1.165, 1.54) is 32.1 Å². The van der Waals surface area contributed by atoms with Crippen LogP contribution in [0.3, 0.4) is 0 Å². The highest BCUT2D eigenvalue weighted by Gasteiger charge is 2.48. The molecule has 2 aliphatic carbocycles. The average molecular weight is 487 g/mol. The maximum absolute atomic E-state index is 13.4. The number of aryl methyl sites for hydroxylation is 1. The topological polar surface area (TPSA) is 88.7 Å². The first kappa shape index (κ1) is 25.2. The molecule has 2 N–H and O–H groups in total. The summed E-state index contributed by atoms with van der Waals surface area (Å²) < 4.78 is 0. The predicted octanol–water partition coefficient (Wildman–Crippen LogP) is 5.70. The first-order valence-corrected chi connectivity index (χ1v) is 13.4. The van der Waals surface area contributed by atoms with Crippen LogP contribution in [0.2, 0.25) is 5.15 Å². The van der Waals surface area contributed by atoms with E-state index in [1.807, 2.05) is 13.0 Å². The maximum atomic E-state index is 13.4. The lowest BCUT2D eigenvalue weighted by Crippen LogP contribution is -2.44. The molecule has 2 heterocycles. The Bertz CT molecular complexity index is 922. The Morgan fingerprint density at radius 1 is 1.12 bits per heavy atom. The zero-order valence-corrected chi connectivity index (χ0v) is 21.4. The summed E-state index contributed by atoms with van der Waals surface area (Å²) in [5, 5.41) is 0.365. The lowest BCUT2D eigenvalue weighted by atomic mass is 9.71. The summed E-state index contributed by atoms with van der Waals surface area (Å²) in [4.78, 5) is 36.8. The first-order chi connectivity index (χ1) is 16.3. The van der Waals surface area contributed by atoms with Crippen LogP contribution in [0.1, 0.15) is 99.5 Å². The molecule has 6 nitrogen and oxygen atoms in total. The summed E-state index contributed by atoms with van der Waals surface area (Å²) in [6.45, 7) is 1.86. The van der Waals surface area contributed by atoms with Gasteiger partial charge in [0.1, 0.15) is 10.7 Å². The van der Waals surface area contributed by atoms with Crippen molar-refractivity contribution < 1.29 is 9.59 Å². The Balaban J connectivity index is 1.42. The number of nitrogens with two attached hydrogens (primary N) is 1. The molecular formula is C27H39ClN4O2. The molecule has 3 aliphatic rings. The van der Waals surface area contributed by atoms with Crippen LogP contribution in [-0.4, -0.2) is 40.1 Å². The van der Waals surface area contributed by atoms with Crippen LogP contribution in [-0.2, 0) is 4.79 Å². The molecule has 7 heteroatoms. The van der Waals surface area contributed by atoms with E-state index in [9.17, 15) is 9.59 Å². The van der Waals surface area contributed by atoms with Gasteiger partial charge < -0.3 is 5.73 Å². The van der Waals surface area contributed by atoms with Crippen LogP contribution >= 0.6 is 11.6 Å². The third-order valence-corrected chi connectivity index (χ3v) is 8.50. The van der Waals surface area contributed by atoms with E-state index in [0.29, 0.717) is 40.9 Å². The Morgan fingerprint density at radius 2 is 1.82 bits per heavy atom. The lowest BCUT2D eigenvalue weighted by Gasteiger charge is -2.35. The molecule has 1 aromatic heterocycles. The fraction of sp³-hybridized carbons (Fsp3) is 0.704. The molecule has 0 bridgehead atoms. The highest BCUT2D eigenvalue weighted by Crippen LogP contribution is 2.42. The molecule has 0 spiro atoms. The minimum atomic E-state index is -0.720. The second-order valence-electron chi connectivity index (χ2n) is 11.0. The van der Waals surface area contributed by atoms with E-state index in [4.69, 9.17) is 22.3 Å². The molecule has 3 atom stereocenters. The average Bonchev–Trinajstić information content (AvgIpc) is 3.01. The second-order valence-corrected chi connectivity index (χ2v) is 11.3. The number of Topliss-reactive ketones (excluding diaryl/α,β-unsaturated/α-hetero) is 1. The van der Waals surface area contributed by atoms with Crippen molar-refractivity contribution in [3.05, 3.63) is 28.5 Å². The Kier molecular flexibility index (Phi) is 7.96. The molecular weight excluding hydrogens is 448 g/mol. The molecule has 1 aromatic rings. The number of pyridine rings is 1. The van der Waals surface area contributed by atoms with Crippen LogP contribution in [0.15, 0.2) is 17.1 Å². The van der Waals surface area contributed by atoms with Gasteiger partial charge in [-0.15, -0.1) is 0 Å². The van der Waals surface area contributed by atoms with Gasteiger partial charge in [0, 0.05) is 24.7 Å². The minimum Gasteiger partial charge on any atom is -0.369 e. The van der Waals surface area contributed by atoms with Gasteiger partial charge in [-0.1, -0.05) is 56.5 Å². The highest BCUT2D eigenvalue weighted by molar-refractivity contribution is 6.29. The van der Waals surface area contributed by atoms with E-state index in [0.717, 1.165) is 50.6 Å². The van der Waals surface area contributed by atoms with Crippen molar-refractivity contribution in [3.63, 3.8) is 0 Å². The predicted molar refractivity (Wildman–Crippen MR) is 136 cm³/mol. The lowest BCUT2D eigenvalue weighted by molar-refractivity contribution is -0.131. The molecule has 34 heavy (non-hydrogen) atoms. The number of amides is 1. The summed E-state index contributed by atoms with van der Waals surface area (Å²) in [7, 11) is 1.74. The number of carbonyl (C=O) groups is 2. The summed E-state index contributed by atoms with van der Waals surface area (Å²) >= 11 is 6.07. The van der Waals surface area contributed by atoms with E-state index >= 15 is 0 Å². The smallest absolute Gasteiger partial charge is 0.257 e. The van der Waals surface area contributed by atoms with Gasteiger partial charge in [0.25, 0.3) is 5.91 Å². The number of halogens is 1. The summed E-state index contributed by atoms with van der Waals surface area (Å²) in [6.07, 6.45) is 13.8. The number of guanidine groups is 1. The van der Waals surface area contributed by atoms with E-state index in [-0.39, 0.29) is 11.7 Å². The van der Waals surface area contributed by atoms with Crippen molar-refractivity contribution in [3.8, 4) is 0 Å². The maximum Gasteiger partial charge on any atom is 0.257 e. The number of aromatic nitrogens is 1. The normalized spacial score (nSPS) is 28.3. The zero-order chi connectivity index (χ0) is 24.3. The molecule has 0 unspecified atom stereocenters. The van der Waals surface area contributed by atoms with Crippen LogP contribution in [0.5, 0.6) is 0 Å². The number of carbonyl (C=O) groups excluding carboxylic acids is 2. The third-order valence-electron chi connectivity index (χ3n) is 8.30. The SMILES string of the molecule is Cc1cc(C(=O)C[C@@H]2CCC[C@H](C[C@@]3(CCC4CCCCC4)N=C(N)N(C)C3=O)C2)cc(Cl)n1. The molecule has 0 saturated heterocycles. The summed E-state index contributed by atoms with van der Waals surface area (Å²) in [6, 6.07) is 3.49. The number of nitrogens with zero attached hydrogens (tertiary/aromatic N) is 3. The number of hydrogen-bond acceptors (Lipinski definition) is 5. The van der Waals surface area contributed by atoms with Gasteiger partial charge in [-0.2, -0.15) is 0 Å². The van der Waals surface area contributed by atoms with E-state index in [2.05, 4.69) is 4.98 Å². The minimum absolute atomic E-state index is 0.0564. The fourth-order valence-electron chi connectivity index (χ4n) is 6.49. The molecule has 1 amide bonds. The van der Waals surface area contributed by atoms with Gasteiger partial charge in [-0.3, -0.25) is 14.5 Å². The second kappa shape index (κ2) is 10.8. The molecule has 0 aromatic carbocycles. The number of ketones is 1. The largest absolute Gasteiger partial charge is 0.369 e. The Labute approximate surface area is 208 Å². The van der Waals surface area contributed by atoms with Crippen molar-refractivity contribution in [2.45, 2.75) is 95.9 Å². The van der Waals surface area contributed by atoms with Crippen LogP contribution < -0.4 is 5.73 Å². The van der Waals surface area contributed by atoms with Crippen LogP contribution in [0.25, 0.3) is 0 Å². The molecule has 2 saturated carbocycles. The molecule has 0 radical (unpaired) electrons. The van der Waals surface area contributed by atoms with Gasteiger partial charge in [-0.25, -0.2) is 9.98 Å². The Morgan fingerprint density at radius 3 is 2.50 bits per heavy atom. The third kappa shape index (κ3) is 5.81. The quantitative estimate of drug-likeness (QED) is 0.377. The number of rotatable bonds is 8. The van der Waals surface area contributed by atoms with Crippen LogP contribution in [0, 0.1) is 24.7 Å². The summed E-state index contributed by atoms with van der Waals surface area (Å²) in [5.74, 6) is 1.94. The van der Waals surface area contributed by atoms with Crippen molar-refractivity contribution >= 4 is 29.3 Å². The van der Waals surface area contributed by atoms with Crippen LogP contribution in [0.4, 0.5) is 0 Å². The molecule has 4 rings (SSSR count). The van der Waals surface area contributed by atoms with Gasteiger partial charge in [-0.05, 0) is 68.9 Å². The monoisotopic (exact) mass is 486 g/mol. The number of aliphatic imine (C=N–C) groups is 1. The molecule has 2 fully saturated rings. The van der Waals surface area contributed by atoms with E-state index < -0.39 is 5.54 Å². The van der Waals surface area contributed by atoms with Crippen molar-refractivity contribution in [2.24, 2.45) is 28.5 Å². The Hall–Kier alpha value is -1.95. The van der Waals surface area contributed by atoms with Crippen molar-refractivity contribution in [1.82, 2.24) is 9.88 Å². The summed E-state index contributed by atoms with van der Waals surface area (Å²) in [5.41, 5.74) is 6.82. The first-order valence-electron chi connectivity index (χ1n) is 13.1. The van der Waals surface area contributed by atoms with E-state index in [1.54, 1.807) is 18.0 Å². The van der Waals surface area contributed by atoms with Crippen molar-refractivity contribution in [2.75, 3.05) is 7.05 Å². The number of likely N-dealkylation sites (N-methyl/N-ethyl adjacent to an activating group) is 1. The van der Waals surface area contributed by atoms with Gasteiger partial charge in [0.15, 0.2) is 11.7 Å². The van der Waals surface area contributed by atoms with Gasteiger partial charge in [0.05, 0.1) is 0 Å². The van der Waals surface area contributed by atoms with Crippen molar-refractivity contribution in [1.29, 1.82) is 0 Å². The molecule has 186 valence electrons.